The predicted octanol–water partition coefficient (Wildman–Crippen LogP) is 2.25. The van der Waals surface area contributed by atoms with E-state index in [0.29, 0.717) is 20.2 Å². The second-order valence-electron chi connectivity index (χ2n) is 1.93. The van der Waals surface area contributed by atoms with Gasteiger partial charge in [-0.05, 0) is 44.0 Å². The lowest BCUT2D eigenvalue weighted by molar-refractivity contribution is 0.562. The van der Waals surface area contributed by atoms with Gasteiger partial charge in [0.05, 0.1) is 4.47 Å². The zero-order valence-electron chi connectivity index (χ0n) is 5.40. The van der Waals surface area contributed by atoms with Gasteiger partial charge in [-0.25, -0.2) is 0 Å². The number of hydrogen-bond acceptors (Lipinski definition) is 2. The number of anilines is 1. The van der Waals surface area contributed by atoms with E-state index in [0.717, 1.165) is 0 Å². The molecule has 0 aliphatic heterocycles. The molecule has 0 bridgehead atoms. The number of halogens is 2. The van der Waals surface area contributed by atoms with Gasteiger partial charge in [0, 0.05) is 15.7 Å². The molecule has 1 aromatic carbocycles. The molecule has 1 rings (SSSR count). The maximum absolute atomic E-state index is 10.3. The van der Waals surface area contributed by atoms with Crippen molar-refractivity contribution >= 4 is 43.8 Å². The van der Waals surface area contributed by atoms with E-state index in [1.807, 2.05) is 0 Å². The van der Waals surface area contributed by atoms with Crippen molar-refractivity contribution in [3.63, 3.8) is 0 Å². The largest absolute Gasteiger partial charge is 0.398 e. The minimum atomic E-state index is 0.464. The monoisotopic (exact) mass is 276 g/mol. The first-order chi connectivity index (χ1) is 5.16. The highest BCUT2D eigenvalue weighted by molar-refractivity contribution is 9.13. The topological polar surface area (TPSA) is 43.1 Å². The van der Waals surface area contributed by atoms with Gasteiger partial charge in [0.25, 0.3) is 0 Å². The maximum Gasteiger partial charge on any atom is 0.234 e. The zero-order valence-corrected chi connectivity index (χ0v) is 8.57. The molecular weight excluding hydrogens is 274 g/mol. The summed E-state index contributed by atoms with van der Waals surface area (Å²) in [6.45, 7) is 0. The van der Waals surface area contributed by atoms with Gasteiger partial charge in [-0.2, -0.15) is 0 Å². The quantitative estimate of drug-likeness (QED) is 0.800. The predicted molar refractivity (Wildman–Crippen MR) is 51.0 cm³/mol. The molecule has 0 aliphatic carbocycles. The molecule has 11 heavy (non-hydrogen) atoms. The fourth-order valence-electron chi connectivity index (χ4n) is 0.643. The second kappa shape index (κ2) is 3.36. The summed E-state index contributed by atoms with van der Waals surface area (Å²) in [5.74, 6) is 0. The minimum absolute atomic E-state index is 0.464. The normalized spacial score (nSPS) is 9.64. The van der Waals surface area contributed by atoms with E-state index < -0.39 is 0 Å². The highest BCUT2D eigenvalue weighted by Crippen LogP contribution is 2.30. The molecule has 0 aromatic heterocycles. The molecule has 1 aromatic rings. The lowest BCUT2D eigenvalue weighted by atomic mass is 10.2. The van der Waals surface area contributed by atoms with Crippen molar-refractivity contribution in [2.75, 3.05) is 5.73 Å². The number of rotatable bonds is 1. The van der Waals surface area contributed by atoms with Crippen molar-refractivity contribution < 1.29 is 4.79 Å². The van der Waals surface area contributed by atoms with Gasteiger partial charge >= 0.3 is 0 Å². The molecule has 0 heterocycles. The zero-order chi connectivity index (χ0) is 8.43. The molecule has 0 saturated heterocycles. The van der Waals surface area contributed by atoms with Gasteiger partial charge in [0.1, 0.15) is 0 Å². The molecule has 0 spiro atoms. The molecule has 0 unspecified atom stereocenters. The minimum Gasteiger partial charge on any atom is -0.398 e. The molecule has 0 amide bonds. The van der Waals surface area contributed by atoms with E-state index in [-0.39, 0.29) is 0 Å². The summed E-state index contributed by atoms with van der Waals surface area (Å²) < 4.78 is 1.34. The summed E-state index contributed by atoms with van der Waals surface area (Å²) in [7, 11) is 0. The van der Waals surface area contributed by atoms with E-state index in [2.05, 4.69) is 31.9 Å². The summed E-state index contributed by atoms with van der Waals surface area (Å²) >= 11 is 6.42. The van der Waals surface area contributed by atoms with Crippen molar-refractivity contribution in [3.05, 3.63) is 26.6 Å². The summed E-state index contributed by atoms with van der Waals surface area (Å²) in [5, 5.41) is 0. The van der Waals surface area contributed by atoms with Crippen LogP contribution in [0.3, 0.4) is 0 Å². The van der Waals surface area contributed by atoms with Gasteiger partial charge < -0.3 is 5.73 Å². The fraction of sp³-hybridized carbons (Fsp3) is 0. The third-order valence-corrected chi connectivity index (χ3v) is 3.43. The average Bonchev–Trinajstić information content (AvgIpc) is 2.01. The van der Waals surface area contributed by atoms with Crippen LogP contribution in [0.4, 0.5) is 5.69 Å². The van der Waals surface area contributed by atoms with E-state index in [9.17, 15) is 4.79 Å². The van der Waals surface area contributed by atoms with E-state index in [4.69, 9.17) is 5.73 Å². The summed E-state index contributed by atoms with van der Waals surface area (Å²) in [6, 6.07) is 3.26. The first-order valence-electron chi connectivity index (χ1n) is 2.78. The summed E-state index contributed by atoms with van der Waals surface area (Å²) in [5.41, 5.74) is 6.59. The SMILES string of the molecule is Nc1ccc([C]=O)c(Br)c1Br. The van der Waals surface area contributed by atoms with E-state index in [1.165, 1.54) is 0 Å². The molecule has 0 aliphatic rings. The van der Waals surface area contributed by atoms with Crippen molar-refractivity contribution in [2.45, 2.75) is 0 Å². The van der Waals surface area contributed by atoms with Gasteiger partial charge in [0.2, 0.25) is 6.29 Å². The van der Waals surface area contributed by atoms with Crippen molar-refractivity contribution in [3.8, 4) is 0 Å². The molecule has 0 atom stereocenters. The molecule has 4 heteroatoms. The third kappa shape index (κ3) is 1.62. The Hall–Kier alpha value is -0.350. The Kier molecular flexibility index (Phi) is 2.67. The van der Waals surface area contributed by atoms with Crippen molar-refractivity contribution in [1.29, 1.82) is 0 Å². The third-order valence-electron chi connectivity index (χ3n) is 1.22. The Morgan fingerprint density at radius 1 is 1.27 bits per heavy atom. The molecule has 0 saturated carbocycles. The Balaban J connectivity index is 3.36. The lowest BCUT2D eigenvalue weighted by Crippen LogP contribution is -1.90. The summed E-state index contributed by atoms with van der Waals surface area (Å²) in [4.78, 5) is 10.3. The van der Waals surface area contributed by atoms with Crippen LogP contribution in [0.1, 0.15) is 5.56 Å². The smallest absolute Gasteiger partial charge is 0.234 e. The van der Waals surface area contributed by atoms with Crippen LogP contribution in [0.15, 0.2) is 21.1 Å². The highest BCUT2D eigenvalue weighted by Gasteiger charge is 2.05. The lowest BCUT2D eigenvalue weighted by Gasteiger charge is -2.01. The maximum atomic E-state index is 10.3. The van der Waals surface area contributed by atoms with Crippen LogP contribution in [0.25, 0.3) is 0 Å². The number of benzene rings is 1. The van der Waals surface area contributed by atoms with Crippen LogP contribution < -0.4 is 5.73 Å². The van der Waals surface area contributed by atoms with E-state index in [1.54, 1.807) is 18.4 Å². The number of hydrogen-bond donors (Lipinski definition) is 1. The van der Waals surface area contributed by atoms with Crippen LogP contribution in [-0.2, 0) is 4.79 Å². The Morgan fingerprint density at radius 3 is 2.45 bits per heavy atom. The van der Waals surface area contributed by atoms with Crippen LogP contribution >= 0.6 is 31.9 Å². The van der Waals surface area contributed by atoms with Gasteiger partial charge in [-0.3, -0.25) is 4.79 Å². The van der Waals surface area contributed by atoms with Gasteiger partial charge in [-0.15, -0.1) is 0 Å². The molecule has 2 N–H and O–H groups in total. The molecule has 0 fully saturated rings. The Labute approximate surface area is 81.0 Å². The van der Waals surface area contributed by atoms with Crippen LogP contribution in [0, 0.1) is 0 Å². The molecule has 2 nitrogen and oxygen atoms in total. The first kappa shape index (κ1) is 8.74. The van der Waals surface area contributed by atoms with Crippen molar-refractivity contribution in [1.82, 2.24) is 0 Å². The van der Waals surface area contributed by atoms with Gasteiger partial charge in [0.15, 0.2) is 0 Å². The second-order valence-corrected chi connectivity index (χ2v) is 3.52. The van der Waals surface area contributed by atoms with Crippen LogP contribution in [0.5, 0.6) is 0 Å². The number of nitrogen functional groups attached to an aromatic ring is 1. The Morgan fingerprint density at radius 2 is 1.91 bits per heavy atom. The first-order valence-corrected chi connectivity index (χ1v) is 4.37. The molecular formula is C7H4Br2NO. The summed E-state index contributed by atoms with van der Waals surface area (Å²) in [6.07, 6.45) is 1.78. The van der Waals surface area contributed by atoms with Crippen LogP contribution in [-0.4, -0.2) is 6.29 Å². The van der Waals surface area contributed by atoms with Crippen molar-refractivity contribution in [2.24, 2.45) is 0 Å². The molecule has 1 radical (unpaired) electrons. The average molecular weight is 278 g/mol. The van der Waals surface area contributed by atoms with E-state index >= 15 is 0 Å². The Bertz CT molecular complexity index is 299. The fourth-order valence-corrected chi connectivity index (χ4v) is 1.43. The number of nitrogens with two attached hydrogens (primary N) is 1. The van der Waals surface area contributed by atoms with Gasteiger partial charge in [-0.1, -0.05) is 0 Å². The standard InChI is InChI=1S/C7H4Br2NO/c8-6-4(3-11)1-2-5(10)7(6)9/h1-2H,10H2. The highest BCUT2D eigenvalue weighted by atomic mass is 79.9. The van der Waals surface area contributed by atoms with Crippen LogP contribution in [0.2, 0.25) is 0 Å². The number of carbonyl (C=O) groups excluding carboxylic acids is 1. The molecule has 57 valence electrons.